The molecule has 0 bridgehead atoms. The van der Waals surface area contributed by atoms with E-state index in [1.165, 1.54) is 12.4 Å². The highest BCUT2D eigenvalue weighted by Gasteiger charge is 1.88. The Balaban J connectivity index is 2.85. The van der Waals surface area contributed by atoms with E-state index in [9.17, 15) is 0 Å². The van der Waals surface area contributed by atoms with Gasteiger partial charge in [-0.05, 0) is 11.1 Å². The van der Waals surface area contributed by atoms with E-state index in [1.54, 1.807) is 24.3 Å². The maximum Gasteiger partial charge on any atom is 0.0733 e. The van der Waals surface area contributed by atoms with Crippen LogP contribution in [0, 0.1) is 0 Å². The second-order valence-electron chi connectivity index (χ2n) is 2.16. The summed E-state index contributed by atoms with van der Waals surface area (Å²) in [6.07, 6.45) is 2.64. The van der Waals surface area contributed by atoms with Gasteiger partial charge in [0.25, 0.3) is 0 Å². The first kappa shape index (κ1) is 8.26. The zero-order valence-corrected chi connectivity index (χ0v) is 6.25. The Labute approximate surface area is 69.4 Å². The van der Waals surface area contributed by atoms with Crippen LogP contribution in [-0.4, -0.2) is 22.8 Å². The van der Waals surface area contributed by atoms with E-state index in [2.05, 4.69) is 10.3 Å². The summed E-state index contributed by atoms with van der Waals surface area (Å²) in [4.78, 5) is 0. The van der Waals surface area contributed by atoms with E-state index in [0.29, 0.717) is 0 Å². The molecule has 0 spiro atoms. The third-order valence-corrected chi connectivity index (χ3v) is 1.35. The predicted octanol–water partition coefficient (Wildman–Crippen LogP) is 1.30. The van der Waals surface area contributed by atoms with Gasteiger partial charge in [-0.3, -0.25) is 0 Å². The van der Waals surface area contributed by atoms with Crippen molar-refractivity contribution in [2.45, 2.75) is 0 Å². The molecule has 0 fully saturated rings. The lowest BCUT2D eigenvalue weighted by Crippen LogP contribution is -1.83. The summed E-state index contributed by atoms with van der Waals surface area (Å²) in [7, 11) is 0. The molecule has 0 saturated heterocycles. The Bertz CT molecular complexity index is 259. The molecular formula is C8H8N2O2. The van der Waals surface area contributed by atoms with E-state index in [1.807, 2.05) is 0 Å². The Morgan fingerprint density at radius 3 is 1.42 bits per heavy atom. The van der Waals surface area contributed by atoms with Gasteiger partial charge in [-0.2, -0.15) is 0 Å². The van der Waals surface area contributed by atoms with Gasteiger partial charge in [0, 0.05) is 0 Å². The van der Waals surface area contributed by atoms with Gasteiger partial charge >= 0.3 is 0 Å². The Morgan fingerprint density at radius 1 is 0.833 bits per heavy atom. The molecule has 0 aliphatic heterocycles. The number of nitrogens with zero attached hydrogens (tertiary/aromatic N) is 2. The van der Waals surface area contributed by atoms with Crippen LogP contribution in [0.1, 0.15) is 11.1 Å². The summed E-state index contributed by atoms with van der Waals surface area (Å²) in [5.74, 6) is 0. The van der Waals surface area contributed by atoms with E-state index in [4.69, 9.17) is 10.4 Å². The number of oxime groups is 2. The van der Waals surface area contributed by atoms with Crippen LogP contribution in [0.5, 0.6) is 0 Å². The molecule has 0 aliphatic rings. The average Bonchev–Trinajstić information content (AvgIpc) is 2.09. The summed E-state index contributed by atoms with van der Waals surface area (Å²) in [6.45, 7) is 0. The van der Waals surface area contributed by atoms with Crippen LogP contribution in [0.4, 0.5) is 0 Å². The van der Waals surface area contributed by atoms with Crippen molar-refractivity contribution in [3.63, 3.8) is 0 Å². The summed E-state index contributed by atoms with van der Waals surface area (Å²) in [6, 6.07) is 6.99. The van der Waals surface area contributed by atoms with Gasteiger partial charge < -0.3 is 10.4 Å². The minimum atomic E-state index is 0.785. The monoisotopic (exact) mass is 164 g/mol. The molecule has 2 N–H and O–H groups in total. The third kappa shape index (κ3) is 2.09. The highest BCUT2D eigenvalue weighted by atomic mass is 16.4. The molecule has 62 valence electrons. The van der Waals surface area contributed by atoms with Crippen molar-refractivity contribution < 1.29 is 10.4 Å². The Kier molecular flexibility index (Phi) is 2.84. The van der Waals surface area contributed by atoms with Gasteiger partial charge in [-0.1, -0.05) is 34.6 Å². The van der Waals surface area contributed by atoms with Gasteiger partial charge in [0.2, 0.25) is 0 Å². The van der Waals surface area contributed by atoms with E-state index < -0.39 is 0 Å². The molecule has 0 amide bonds. The summed E-state index contributed by atoms with van der Waals surface area (Å²) in [5.41, 5.74) is 1.57. The van der Waals surface area contributed by atoms with Gasteiger partial charge in [-0.25, -0.2) is 0 Å². The van der Waals surface area contributed by atoms with E-state index in [-0.39, 0.29) is 0 Å². The van der Waals surface area contributed by atoms with Crippen molar-refractivity contribution in [1.29, 1.82) is 0 Å². The SMILES string of the molecule is O/N=C\c1ccc(/C=N\O)cc1. The van der Waals surface area contributed by atoms with Gasteiger partial charge in [0.15, 0.2) is 0 Å². The molecule has 0 saturated carbocycles. The number of rotatable bonds is 2. The van der Waals surface area contributed by atoms with E-state index >= 15 is 0 Å². The molecule has 12 heavy (non-hydrogen) atoms. The fourth-order valence-corrected chi connectivity index (χ4v) is 0.801. The molecule has 4 nitrogen and oxygen atoms in total. The van der Waals surface area contributed by atoms with Crippen LogP contribution in [0.25, 0.3) is 0 Å². The van der Waals surface area contributed by atoms with Gasteiger partial charge in [0.1, 0.15) is 0 Å². The minimum absolute atomic E-state index is 0.785. The molecule has 0 atom stereocenters. The van der Waals surface area contributed by atoms with Crippen LogP contribution >= 0.6 is 0 Å². The van der Waals surface area contributed by atoms with Crippen molar-refractivity contribution in [2.24, 2.45) is 10.3 Å². The average molecular weight is 164 g/mol. The van der Waals surface area contributed by atoms with Crippen LogP contribution in [-0.2, 0) is 0 Å². The van der Waals surface area contributed by atoms with Gasteiger partial charge in [0.05, 0.1) is 12.4 Å². The fourth-order valence-electron chi connectivity index (χ4n) is 0.801. The van der Waals surface area contributed by atoms with Crippen LogP contribution in [0.2, 0.25) is 0 Å². The topological polar surface area (TPSA) is 65.2 Å². The smallest absolute Gasteiger partial charge is 0.0733 e. The van der Waals surface area contributed by atoms with Crippen molar-refractivity contribution in [2.75, 3.05) is 0 Å². The number of hydrogen-bond donors (Lipinski definition) is 2. The normalized spacial score (nSPS) is 11.3. The predicted molar refractivity (Wildman–Crippen MR) is 45.2 cm³/mol. The molecule has 1 aromatic rings. The molecule has 0 heterocycles. The Hall–Kier alpha value is -1.84. The molecule has 0 aromatic heterocycles. The second kappa shape index (κ2) is 4.12. The molecule has 4 heteroatoms. The summed E-state index contributed by atoms with van der Waals surface area (Å²) >= 11 is 0. The number of benzene rings is 1. The van der Waals surface area contributed by atoms with E-state index in [0.717, 1.165) is 11.1 Å². The fraction of sp³-hybridized carbons (Fsp3) is 0. The molecular weight excluding hydrogens is 156 g/mol. The lowest BCUT2D eigenvalue weighted by molar-refractivity contribution is 0.321. The van der Waals surface area contributed by atoms with Gasteiger partial charge in [-0.15, -0.1) is 0 Å². The maximum absolute atomic E-state index is 8.20. The van der Waals surface area contributed by atoms with Crippen LogP contribution in [0.15, 0.2) is 34.6 Å². The molecule has 0 radical (unpaired) electrons. The van der Waals surface area contributed by atoms with Crippen molar-refractivity contribution in [1.82, 2.24) is 0 Å². The van der Waals surface area contributed by atoms with Crippen LogP contribution < -0.4 is 0 Å². The molecule has 0 aliphatic carbocycles. The number of hydrogen-bond acceptors (Lipinski definition) is 4. The molecule has 0 unspecified atom stereocenters. The lowest BCUT2D eigenvalue weighted by atomic mass is 10.2. The zero-order valence-electron chi connectivity index (χ0n) is 6.25. The van der Waals surface area contributed by atoms with Crippen molar-refractivity contribution >= 4 is 12.4 Å². The Morgan fingerprint density at radius 2 is 1.17 bits per heavy atom. The standard InChI is InChI=1S/C8H8N2O2/c11-9-5-7-1-2-8(4-3-7)6-10-12/h1-6,11-12H/b9-5-,10-6-. The molecule has 1 aromatic carbocycles. The maximum atomic E-state index is 8.20. The first-order chi connectivity index (χ1) is 5.86. The first-order valence-corrected chi connectivity index (χ1v) is 3.32. The molecule has 1 rings (SSSR count). The first-order valence-electron chi connectivity index (χ1n) is 3.32. The van der Waals surface area contributed by atoms with Crippen molar-refractivity contribution in [3.8, 4) is 0 Å². The largest absolute Gasteiger partial charge is 0.411 e. The van der Waals surface area contributed by atoms with Crippen LogP contribution in [0.3, 0.4) is 0 Å². The minimum Gasteiger partial charge on any atom is -0.411 e. The lowest BCUT2D eigenvalue weighted by Gasteiger charge is -1.92. The highest BCUT2D eigenvalue weighted by Crippen LogP contribution is 1.99. The summed E-state index contributed by atoms with van der Waals surface area (Å²) in [5, 5.41) is 22.1. The second-order valence-corrected chi connectivity index (χ2v) is 2.16. The van der Waals surface area contributed by atoms with Crippen molar-refractivity contribution in [3.05, 3.63) is 35.4 Å². The highest BCUT2D eigenvalue weighted by molar-refractivity contribution is 5.83. The third-order valence-electron chi connectivity index (χ3n) is 1.35. The zero-order chi connectivity index (χ0) is 8.81. The quantitative estimate of drug-likeness (QED) is 0.393. The summed E-state index contributed by atoms with van der Waals surface area (Å²) < 4.78 is 0.